The number of nitrogens with two attached hydrogens (primary N) is 1. The zero-order chi connectivity index (χ0) is 13.1. The van der Waals surface area contributed by atoms with E-state index in [1.54, 1.807) is 6.92 Å². The maximum Gasteiger partial charge on any atom is 0.310 e. The molecule has 0 amide bonds. The van der Waals surface area contributed by atoms with E-state index < -0.39 is 5.54 Å². The first-order valence-corrected chi connectivity index (χ1v) is 6.30. The Kier molecular flexibility index (Phi) is 4.71. The third-order valence-corrected chi connectivity index (χ3v) is 3.57. The van der Waals surface area contributed by atoms with Crippen molar-refractivity contribution in [3.63, 3.8) is 0 Å². The van der Waals surface area contributed by atoms with Crippen LogP contribution in [0.15, 0.2) is 28.7 Å². The lowest BCUT2D eigenvalue weighted by molar-refractivity contribution is -0.151. The van der Waals surface area contributed by atoms with Crippen LogP contribution in [-0.2, 0) is 16.1 Å². The second-order valence-corrected chi connectivity index (χ2v) is 5.60. The number of esters is 1. The van der Waals surface area contributed by atoms with Gasteiger partial charge in [0.15, 0.2) is 0 Å². The van der Waals surface area contributed by atoms with Crippen LogP contribution in [0.25, 0.3) is 0 Å². The number of hydrogen-bond donors (Lipinski definition) is 1. The fraction of sp³-hybridized carbons (Fsp3) is 0.462. The molecule has 17 heavy (non-hydrogen) atoms. The van der Waals surface area contributed by atoms with E-state index in [9.17, 15) is 4.79 Å². The fourth-order valence-electron chi connectivity index (χ4n) is 1.19. The Morgan fingerprint density at radius 2 is 2.06 bits per heavy atom. The molecule has 1 aromatic rings. The molecule has 0 radical (unpaired) electrons. The molecule has 0 aliphatic carbocycles. The molecule has 0 aliphatic rings. The predicted molar refractivity (Wildman–Crippen MR) is 71.4 cm³/mol. The number of rotatable bonds is 4. The van der Waals surface area contributed by atoms with E-state index in [0.29, 0.717) is 0 Å². The van der Waals surface area contributed by atoms with Crippen molar-refractivity contribution in [1.29, 1.82) is 0 Å². The Hall–Kier alpha value is -0.870. The maximum atomic E-state index is 11.8. The molecule has 1 aromatic carbocycles. The van der Waals surface area contributed by atoms with Crippen LogP contribution in [0.2, 0.25) is 0 Å². The second kappa shape index (κ2) is 5.65. The van der Waals surface area contributed by atoms with Crippen molar-refractivity contribution in [3.8, 4) is 0 Å². The highest BCUT2D eigenvalue weighted by atomic mass is 79.9. The largest absolute Gasteiger partial charge is 0.461 e. The smallest absolute Gasteiger partial charge is 0.310 e. The summed E-state index contributed by atoms with van der Waals surface area (Å²) in [5, 5.41) is 0. The average molecular weight is 300 g/mol. The van der Waals surface area contributed by atoms with Gasteiger partial charge >= 0.3 is 5.97 Å². The van der Waals surface area contributed by atoms with Gasteiger partial charge in [-0.25, -0.2) is 0 Å². The summed E-state index contributed by atoms with van der Waals surface area (Å²) in [5.74, 6) is -0.599. The van der Waals surface area contributed by atoms with Gasteiger partial charge in [-0.15, -0.1) is 0 Å². The van der Waals surface area contributed by atoms with E-state index in [0.717, 1.165) is 10.0 Å². The predicted octanol–water partition coefficient (Wildman–Crippen LogP) is 2.87. The maximum absolute atomic E-state index is 11.8. The summed E-state index contributed by atoms with van der Waals surface area (Å²) in [4.78, 5) is 11.8. The molecule has 2 N–H and O–H groups in total. The van der Waals surface area contributed by atoms with Gasteiger partial charge in [0, 0.05) is 15.6 Å². The molecule has 0 heterocycles. The summed E-state index contributed by atoms with van der Waals surface area (Å²) in [6, 6.07) is 7.65. The fourth-order valence-corrected chi connectivity index (χ4v) is 1.59. The average Bonchev–Trinajstić information content (AvgIpc) is 2.25. The molecule has 1 atom stereocenters. The Morgan fingerprint density at radius 3 is 2.59 bits per heavy atom. The Labute approximate surface area is 110 Å². The Balaban J connectivity index is 2.58. The van der Waals surface area contributed by atoms with Crippen molar-refractivity contribution in [2.75, 3.05) is 0 Å². The highest BCUT2D eigenvalue weighted by Crippen LogP contribution is 2.19. The van der Waals surface area contributed by atoms with E-state index in [-0.39, 0.29) is 18.5 Å². The van der Waals surface area contributed by atoms with Crippen LogP contribution in [0.1, 0.15) is 26.3 Å². The van der Waals surface area contributed by atoms with Gasteiger partial charge in [-0.1, -0.05) is 41.1 Å². The monoisotopic (exact) mass is 299 g/mol. The van der Waals surface area contributed by atoms with Crippen molar-refractivity contribution < 1.29 is 9.53 Å². The zero-order valence-electron chi connectivity index (χ0n) is 10.4. The van der Waals surface area contributed by atoms with Gasteiger partial charge in [0.25, 0.3) is 0 Å². The summed E-state index contributed by atoms with van der Waals surface area (Å²) in [7, 11) is 0. The Bertz CT molecular complexity index is 399. The Morgan fingerprint density at radius 1 is 1.47 bits per heavy atom. The number of carbonyl (C=O) groups is 1. The van der Waals surface area contributed by atoms with Gasteiger partial charge in [-0.3, -0.25) is 4.79 Å². The lowest BCUT2D eigenvalue weighted by Crippen LogP contribution is -2.44. The number of ether oxygens (including phenoxy) is 1. The summed E-state index contributed by atoms with van der Waals surface area (Å²) in [6.45, 7) is 5.68. The SMILES string of the molecule is CC(C(=O)OCc1ccccc1Br)C(C)(C)N. The van der Waals surface area contributed by atoms with Crippen molar-refractivity contribution in [2.45, 2.75) is 32.9 Å². The molecule has 94 valence electrons. The van der Waals surface area contributed by atoms with Crippen molar-refractivity contribution in [1.82, 2.24) is 0 Å². The zero-order valence-corrected chi connectivity index (χ0v) is 12.0. The van der Waals surface area contributed by atoms with Crippen LogP contribution < -0.4 is 5.73 Å². The molecule has 4 heteroatoms. The summed E-state index contributed by atoms with van der Waals surface area (Å²) in [5.41, 5.74) is 6.25. The second-order valence-electron chi connectivity index (χ2n) is 4.74. The molecule has 1 unspecified atom stereocenters. The minimum absolute atomic E-state index is 0.265. The van der Waals surface area contributed by atoms with Crippen LogP contribution in [-0.4, -0.2) is 11.5 Å². The molecule has 0 aliphatic heterocycles. The molecule has 0 saturated carbocycles. The van der Waals surface area contributed by atoms with E-state index in [1.807, 2.05) is 38.1 Å². The highest BCUT2D eigenvalue weighted by Gasteiger charge is 2.28. The van der Waals surface area contributed by atoms with Crippen LogP contribution in [0, 0.1) is 5.92 Å². The lowest BCUT2D eigenvalue weighted by atomic mass is 9.90. The van der Waals surface area contributed by atoms with Gasteiger partial charge in [0.1, 0.15) is 6.61 Å². The van der Waals surface area contributed by atoms with Gasteiger partial charge in [0.05, 0.1) is 5.92 Å². The van der Waals surface area contributed by atoms with Crippen molar-refractivity contribution in [3.05, 3.63) is 34.3 Å². The van der Waals surface area contributed by atoms with Crippen molar-refractivity contribution >= 4 is 21.9 Å². The first-order valence-electron chi connectivity index (χ1n) is 5.51. The first-order chi connectivity index (χ1) is 7.82. The first kappa shape index (κ1) is 14.2. The molecular formula is C13H18BrNO2. The van der Waals surface area contributed by atoms with Gasteiger partial charge in [-0.05, 0) is 19.9 Å². The number of halogens is 1. The highest BCUT2D eigenvalue weighted by molar-refractivity contribution is 9.10. The van der Waals surface area contributed by atoms with Gasteiger partial charge in [-0.2, -0.15) is 0 Å². The topological polar surface area (TPSA) is 52.3 Å². The van der Waals surface area contributed by atoms with E-state index in [1.165, 1.54) is 0 Å². The molecule has 0 bridgehead atoms. The molecule has 0 fully saturated rings. The van der Waals surface area contributed by atoms with Crippen LogP contribution >= 0.6 is 15.9 Å². The van der Waals surface area contributed by atoms with E-state index in [4.69, 9.17) is 10.5 Å². The summed E-state index contributed by atoms with van der Waals surface area (Å²) >= 11 is 3.41. The molecular weight excluding hydrogens is 282 g/mol. The molecule has 3 nitrogen and oxygen atoms in total. The van der Waals surface area contributed by atoms with Gasteiger partial charge < -0.3 is 10.5 Å². The number of benzene rings is 1. The minimum Gasteiger partial charge on any atom is -0.461 e. The molecule has 0 spiro atoms. The standard InChI is InChI=1S/C13H18BrNO2/c1-9(13(2,3)15)12(16)17-8-10-6-4-5-7-11(10)14/h4-7,9H,8,15H2,1-3H3. The van der Waals surface area contributed by atoms with Crippen LogP contribution in [0.3, 0.4) is 0 Å². The van der Waals surface area contributed by atoms with Crippen LogP contribution in [0.4, 0.5) is 0 Å². The van der Waals surface area contributed by atoms with Crippen LogP contribution in [0.5, 0.6) is 0 Å². The normalized spacial score (nSPS) is 13.2. The molecule has 0 saturated heterocycles. The van der Waals surface area contributed by atoms with Gasteiger partial charge in [0.2, 0.25) is 0 Å². The third-order valence-electron chi connectivity index (χ3n) is 2.80. The number of hydrogen-bond acceptors (Lipinski definition) is 3. The quantitative estimate of drug-likeness (QED) is 0.870. The van der Waals surface area contributed by atoms with E-state index in [2.05, 4.69) is 15.9 Å². The molecule has 0 aromatic heterocycles. The van der Waals surface area contributed by atoms with Crippen molar-refractivity contribution in [2.24, 2.45) is 11.7 Å². The number of carbonyl (C=O) groups excluding carboxylic acids is 1. The van der Waals surface area contributed by atoms with E-state index >= 15 is 0 Å². The minimum atomic E-state index is -0.564. The lowest BCUT2D eigenvalue weighted by Gasteiger charge is -2.25. The third kappa shape index (κ3) is 4.13. The molecule has 1 rings (SSSR count). The summed E-state index contributed by atoms with van der Waals surface area (Å²) in [6.07, 6.45) is 0. The summed E-state index contributed by atoms with van der Waals surface area (Å²) < 4.78 is 6.19.